The molecule has 0 amide bonds. The Morgan fingerprint density at radius 2 is 2.54 bits per heavy atom. The van der Waals surface area contributed by atoms with Gasteiger partial charge in [0, 0.05) is 0 Å². The van der Waals surface area contributed by atoms with E-state index in [-0.39, 0.29) is 17.9 Å². The zero-order valence-corrected chi connectivity index (χ0v) is 7.15. The molecule has 0 bridgehead atoms. The maximum Gasteiger partial charge on any atom is 0.376 e. The van der Waals surface area contributed by atoms with Gasteiger partial charge in [0.05, 0.1) is 19.7 Å². The maximum atomic E-state index is 11.1. The van der Waals surface area contributed by atoms with Gasteiger partial charge in [0.15, 0.2) is 0 Å². The summed E-state index contributed by atoms with van der Waals surface area (Å²) in [6, 6.07) is 1.08. The molecule has 0 fully saturated rings. The van der Waals surface area contributed by atoms with Crippen molar-refractivity contribution < 1.29 is 14.1 Å². The van der Waals surface area contributed by atoms with Crippen molar-refractivity contribution in [3.05, 3.63) is 34.8 Å². The van der Waals surface area contributed by atoms with Gasteiger partial charge in [0.25, 0.3) is 5.56 Å². The molecule has 1 aromatic rings. The number of methoxy groups -OCH3 is 1. The Labute approximate surface area is 74.2 Å². The third-order valence-corrected chi connectivity index (χ3v) is 1.39. The van der Waals surface area contributed by atoms with E-state index < -0.39 is 5.97 Å². The number of rotatable bonds is 3. The number of allylic oxidation sites excluding steroid dienone is 1. The Bertz CT molecular complexity index is 374. The van der Waals surface area contributed by atoms with E-state index >= 15 is 0 Å². The van der Waals surface area contributed by atoms with Crippen LogP contribution in [0.15, 0.2) is 28.0 Å². The fourth-order valence-corrected chi connectivity index (χ4v) is 0.815. The highest BCUT2D eigenvalue weighted by Gasteiger charge is 2.13. The van der Waals surface area contributed by atoms with Crippen molar-refractivity contribution in [1.29, 1.82) is 0 Å². The molecule has 1 rings (SSSR count). The molecule has 0 aliphatic carbocycles. The number of carbonyl (C=O) groups excluding carboxylic acids is 1. The molecular formula is C8H9NO4. The van der Waals surface area contributed by atoms with Gasteiger partial charge in [-0.2, -0.15) is 4.74 Å². The summed E-state index contributed by atoms with van der Waals surface area (Å²) in [4.78, 5) is 22.0. The highest BCUT2D eigenvalue weighted by Crippen LogP contribution is 1.98. The minimum Gasteiger partial charge on any atom is -0.463 e. The third kappa shape index (κ3) is 1.87. The van der Waals surface area contributed by atoms with Crippen molar-refractivity contribution in [2.45, 2.75) is 6.54 Å². The van der Waals surface area contributed by atoms with Crippen molar-refractivity contribution in [3.8, 4) is 0 Å². The summed E-state index contributed by atoms with van der Waals surface area (Å²) in [5.41, 5.74) is -0.389. The molecule has 0 aliphatic rings. The Morgan fingerprint density at radius 1 is 1.85 bits per heavy atom. The lowest BCUT2D eigenvalue weighted by atomic mass is 10.5. The number of ether oxygens (including phenoxy) is 1. The molecular weight excluding hydrogens is 174 g/mol. The number of nitrogens with zero attached hydrogens (tertiary/aromatic N) is 1. The predicted molar refractivity (Wildman–Crippen MR) is 44.5 cm³/mol. The Balaban J connectivity index is 3.01. The minimum atomic E-state index is -0.667. The normalized spacial score (nSPS) is 9.62. The first kappa shape index (κ1) is 9.31. The Hall–Kier alpha value is -1.78. The van der Waals surface area contributed by atoms with Gasteiger partial charge in [-0.15, -0.1) is 6.58 Å². The SMILES string of the molecule is C=CCn1oc(C(=O)OC)cc1=O. The van der Waals surface area contributed by atoms with Crippen molar-refractivity contribution in [2.75, 3.05) is 7.11 Å². The Kier molecular flexibility index (Phi) is 2.69. The van der Waals surface area contributed by atoms with Crippen LogP contribution in [0.3, 0.4) is 0 Å². The molecule has 5 heteroatoms. The number of hydrogen-bond donors (Lipinski definition) is 0. The van der Waals surface area contributed by atoms with Crippen LogP contribution < -0.4 is 5.56 Å². The molecule has 0 saturated heterocycles. The molecule has 13 heavy (non-hydrogen) atoms. The zero-order valence-electron chi connectivity index (χ0n) is 7.15. The van der Waals surface area contributed by atoms with E-state index in [1.165, 1.54) is 13.2 Å². The molecule has 1 heterocycles. The zero-order chi connectivity index (χ0) is 9.84. The molecule has 0 atom stereocenters. The number of carbonyl (C=O) groups is 1. The first-order valence-electron chi connectivity index (χ1n) is 3.59. The van der Waals surface area contributed by atoms with E-state index in [4.69, 9.17) is 4.52 Å². The summed E-state index contributed by atoms with van der Waals surface area (Å²) in [5.74, 6) is -0.769. The van der Waals surface area contributed by atoms with Crippen LogP contribution in [0.1, 0.15) is 10.6 Å². The molecule has 0 radical (unpaired) electrons. The van der Waals surface area contributed by atoms with Gasteiger partial charge >= 0.3 is 5.97 Å². The summed E-state index contributed by atoms with van der Waals surface area (Å²) in [7, 11) is 1.22. The van der Waals surface area contributed by atoms with Crippen molar-refractivity contribution >= 4 is 5.97 Å². The second-order valence-electron chi connectivity index (χ2n) is 2.28. The van der Waals surface area contributed by atoms with Crippen molar-refractivity contribution in [3.63, 3.8) is 0 Å². The smallest absolute Gasteiger partial charge is 0.376 e. The third-order valence-electron chi connectivity index (χ3n) is 1.39. The minimum absolute atomic E-state index is 0.102. The topological polar surface area (TPSA) is 61.4 Å². The van der Waals surface area contributed by atoms with E-state index in [0.29, 0.717) is 0 Å². The molecule has 0 aliphatic heterocycles. The summed E-state index contributed by atoms with van der Waals surface area (Å²) in [6.45, 7) is 3.67. The summed E-state index contributed by atoms with van der Waals surface area (Å²) < 4.78 is 10.3. The van der Waals surface area contributed by atoms with Crippen molar-refractivity contribution in [2.24, 2.45) is 0 Å². The highest BCUT2D eigenvalue weighted by atomic mass is 16.6. The van der Waals surface area contributed by atoms with Crippen molar-refractivity contribution in [1.82, 2.24) is 4.74 Å². The molecule has 70 valence electrons. The van der Waals surface area contributed by atoms with Gasteiger partial charge in [-0.05, 0) is 0 Å². The number of esters is 1. The summed E-state index contributed by atoms with van der Waals surface area (Å²) >= 11 is 0. The quantitative estimate of drug-likeness (QED) is 0.503. The van der Waals surface area contributed by atoms with E-state index in [2.05, 4.69) is 11.3 Å². The van der Waals surface area contributed by atoms with Gasteiger partial charge in [0.2, 0.25) is 5.76 Å². The van der Waals surface area contributed by atoms with E-state index in [1.54, 1.807) is 0 Å². The van der Waals surface area contributed by atoms with E-state index in [1.807, 2.05) is 0 Å². The van der Waals surface area contributed by atoms with Gasteiger partial charge in [-0.1, -0.05) is 6.08 Å². The van der Waals surface area contributed by atoms with E-state index in [0.717, 1.165) is 10.8 Å². The van der Waals surface area contributed by atoms with Crippen LogP contribution in [0, 0.1) is 0 Å². The maximum absolute atomic E-state index is 11.1. The fraction of sp³-hybridized carbons (Fsp3) is 0.250. The molecule has 0 N–H and O–H groups in total. The predicted octanol–water partition coefficient (Wildman–Crippen LogP) is 0.414. The van der Waals surface area contributed by atoms with Crippen LogP contribution in [0.4, 0.5) is 0 Å². The van der Waals surface area contributed by atoms with Gasteiger partial charge in [0.1, 0.15) is 0 Å². The average molecular weight is 183 g/mol. The van der Waals surface area contributed by atoms with Gasteiger partial charge in [-0.25, -0.2) is 4.79 Å². The lowest BCUT2D eigenvalue weighted by Crippen LogP contribution is -2.11. The van der Waals surface area contributed by atoms with Crippen LogP contribution in [0.25, 0.3) is 0 Å². The lowest BCUT2D eigenvalue weighted by Gasteiger charge is -1.93. The van der Waals surface area contributed by atoms with Crippen LogP contribution in [-0.2, 0) is 11.3 Å². The second-order valence-corrected chi connectivity index (χ2v) is 2.28. The highest BCUT2D eigenvalue weighted by molar-refractivity contribution is 5.85. The van der Waals surface area contributed by atoms with Crippen LogP contribution >= 0.6 is 0 Å². The monoisotopic (exact) mass is 183 g/mol. The lowest BCUT2D eigenvalue weighted by molar-refractivity contribution is 0.0539. The number of hydrogen-bond acceptors (Lipinski definition) is 4. The molecule has 1 aromatic heterocycles. The molecule has 0 saturated carbocycles. The van der Waals surface area contributed by atoms with Crippen LogP contribution in [0.5, 0.6) is 0 Å². The molecule has 0 unspecified atom stereocenters. The molecule has 0 aromatic carbocycles. The summed E-state index contributed by atoms with van der Waals surface area (Å²) in [6.07, 6.45) is 1.49. The van der Waals surface area contributed by atoms with E-state index in [9.17, 15) is 9.59 Å². The molecule has 5 nitrogen and oxygen atoms in total. The largest absolute Gasteiger partial charge is 0.463 e. The fourth-order valence-electron chi connectivity index (χ4n) is 0.815. The van der Waals surface area contributed by atoms with Gasteiger partial charge in [-0.3, -0.25) is 4.79 Å². The standard InChI is InChI=1S/C8H9NO4/c1-3-4-9-7(10)5-6(13-9)8(11)12-2/h3,5H,1,4H2,2H3. The van der Waals surface area contributed by atoms with Crippen LogP contribution in [-0.4, -0.2) is 17.8 Å². The first-order chi connectivity index (χ1) is 6.19. The number of aromatic nitrogens is 1. The second kappa shape index (κ2) is 3.75. The first-order valence-corrected chi connectivity index (χ1v) is 3.59. The van der Waals surface area contributed by atoms with Gasteiger partial charge < -0.3 is 9.26 Å². The van der Waals surface area contributed by atoms with Crippen LogP contribution in [0.2, 0.25) is 0 Å². The Morgan fingerprint density at radius 3 is 3.08 bits per heavy atom. The average Bonchev–Trinajstić information content (AvgIpc) is 2.47. The summed E-state index contributed by atoms with van der Waals surface area (Å²) in [5, 5.41) is 0. The molecule has 0 spiro atoms.